The van der Waals surface area contributed by atoms with E-state index in [4.69, 9.17) is 10.7 Å². The summed E-state index contributed by atoms with van der Waals surface area (Å²) in [7, 11) is 1.87. The molecule has 0 aromatic rings. The number of hydrogen-bond acceptors (Lipinski definition) is 2. The molecule has 0 amide bonds. The number of unbranched alkanes of at least 4 members (excludes halogenated alkanes) is 4. The van der Waals surface area contributed by atoms with Gasteiger partial charge in [0.2, 0.25) is 9.05 Å². The van der Waals surface area contributed by atoms with Crippen LogP contribution >= 0.6 is 10.7 Å². The van der Waals surface area contributed by atoms with Gasteiger partial charge in [0, 0.05) is 10.7 Å². The number of rotatable bonds is 7. The molecule has 0 saturated carbocycles. The summed E-state index contributed by atoms with van der Waals surface area (Å²) >= 11 is 0. The highest BCUT2D eigenvalue weighted by molar-refractivity contribution is 8.14. The largest absolute Gasteiger partial charge is 0.235 e. The van der Waals surface area contributed by atoms with Gasteiger partial charge >= 0.3 is 0 Å². The summed E-state index contributed by atoms with van der Waals surface area (Å²) in [4.78, 5) is 0. The monoisotopic (exact) mass is 226 g/mol. The predicted octanol–water partition coefficient (Wildman–Crippen LogP) is 3.30. The minimum atomic E-state index is -3.32. The molecule has 0 rings (SSSR count). The summed E-state index contributed by atoms with van der Waals surface area (Å²) in [6.07, 6.45) is 6.42. The Morgan fingerprint density at radius 2 is 1.69 bits per heavy atom. The van der Waals surface area contributed by atoms with Crippen LogP contribution in [0, 0.1) is 0 Å². The van der Waals surface area contributed by atoms with Gasteiger partial charge in [-0.25, -0.2) is 8.42 Å². The van der Waals surface area contributed by atoms with Crippen LogP contribution < -0.4 is 0 Å². The lowest BCUT2D eigenvalue weighted by atomic mass is 10.1. The summed E-state index contributed by atoms with van der Waals surface area (Å²) in [5, 5.41) is -0.393. The fraction of sp³-hybridized carbons (Fsp3) is 1.00. The van der Waals surface area contributed by atoms with Gasteiger partial charge < -0.3 is 0 Å². The molecule has 0 radical (unpaired) electrons. The Morgan fingerprint density at radius 1 is 1.15 bits per heavy atom. The highest BCUT2D eigenvalue weighted by Gasteiger charge is 2.16. The topological polar surface area (TPSA) is 34.1 Å². The van der Waals surface area contributed by atoms with E-state index in [1.165, 1.54) is 19.3 Å². The standard InChI is InChI=1S/C9H19ClO2S/c1-3-4-5-6-7-8-9(2)13(10,11)12/h9H,3-8H2,1-2H3. The molecule has 0 N–H and O–H groups in total. The zero-order valence-electron chi connectivity index (χ0n) is 8.42. The van der Waals surface area contributed by atoms with Crippen LogP contribution in [0.4, 0.5) is 0 Å². The van der Waals surface area contributed by atoms with Gasteiger partial charge in [0.15, 0.2) is 0 Å². The first-order chi connectivity index (χ1) is 5.98. The predicted molar refractivity (Wildman–Crippen MR) is 57.6 cm³/mol. The van der Waals surface area contributed by atoms with E-state index < -0.39 is 14.3 Å². The zero-order chi connectivity index (χ0) is 10.3. The smallest absolute Gasteiger partial charge is 0.212 e. The van der Waals surface area contributed by atoms with Crippen molar-refractivity contribution in [2.45, 2.75) is 57.6 Å². The second-order valence-electron chi connectivity index (χ2n) is 3.49. The molecule has 0 spiro atoms. The first-order valence-electron chi connectivity index (χ1n) is 4.92. The van der Waals surface area contributed by atoms with Gasteiger partial charge in [-0.05, 0) is 13.3 Å². The maximum absolute atomic E-state index is 10.8. The van der Waals surface area contributed by atoms with Crippen molar-refractivity contribution >= 4 is 19.7 Å². The molecule has 0 aliphatic heterocycles. The van der Waals surface area contributed by atoms with Gasteiger partial charge in [-0.1, -0.05) is 39.0 Å². The first kappa shape index (κ1) is 13.2. The second kappa shape index (κ2) is 6.66. The minimum absolute atomic E-state index is 0.393. The molecule has 1 atom stereocenters. The van der Waals surface area contributed by atoms with Gasteiger partial charge in [0.05, 0.1) is 5.25 Å². The first-order valence-corrected chi connectivity index (χ1v) is 7.29. The third kappa shape index (κ3) is 7.32. The summed E-state index contributed by atoms with van der Waals surface area (Å²) in [6, 6.07) is 0. The average molecular weight is 227 g/mol. The Labute approximate surface area is 86.1 Å². The van der Waals surface area contributed by atoms with Crippen molar-refractivity contribution in [3.63, 3.8) is 0 Å². The summed E-state index contributed by atoms with van der Waals surface area (Å²) in [6.45, 7) is 3.83. The van der Waals surface area contributed by atoms with E-state index in [1.807, 2.05) is 0 Å². The highest BCUT2D eigenvalue weighted by atomic mass is 35.7. The van der Waals surface area contributed by atoms with Gasteiger partial charge in [-0.2, -0.15) is 0 Å². The van der Waals surface area contributed by atoms with Crippen LogP contribution in [0.25, 0.3) is 0 Å². The Kier molecular flexibility index (Phi) is 6.78. The van der Waals surface area contributed by atoms with Crippen LogP contribution in [0.2, 0.25) is 0 Å². The summed E-state index contributed by atoms with van der Waals surface area (Å²) in [5.74, 6) is 0. The quantitative estimate of drug-likeness (QED) is 0.493. The molecule has 0 bridgehead atoms. The Balaban J connectivity index is 3.44. The molecule has 0 aromatic carbocycles. The van der Waals surface area contributed by atoms with Gasteiger partial charge in [-0.15, -0.1) is 0 Å². The molecule has 0 heterocycles. The van der Waals surface area contributed by atoms with Gasteiger partial charge in [-0.3, -0.25) is 0 Å². The van der Waals surface area contributed by atoms with E-state index in [9.17, 15) is 8.42 Å². The molecule has 1 unspecified atom stereocenters. The van der Waals surface area contributed by atoms with Crippen LogP contribution in [0.5, 0.6) is 0 Å². The fourth-order valence-corrected chi connectivity index (χ4v) is 1.89. The van der Waals surface area contributed by atoms with E-state index in [2.05, 4.69) is 6.92 Å². The van der Waals surface area contributed by atoms with Crippen LogP contribution in [0.3, 0.4) is 0 Å². The van der Waals surface area contributed by atoms with Gasteiger partial charge in [0.25, 0.3) is 0 Å². The lowest BCUT2D eigenvalue weighted by Crippen LogP contribution is -2.10. The molecule has 0 aliphatic carbocycles. The lowest BCUT2D eigenvalue weighted by Gasteiger charge is -2.06. The Bertz CT molecular complexity index is 212. The normalized spacial score (nSPS) is 14.4. The highest BCUT2D eigenvalue weighted by Crippen LogP contribution is 2.15. The third-order valence-corrected chi connectivity index (χ3v) is 4.30. The second-order valence-corrected chi connectivity index (χ2v) is 6.54. The molecule has 4 heteroatoms. The molecular formula is C9H19ClO2S. The molecule has 0 aliphatic rings. The van der Waals surface area contributed by atoms with E-state index in [0.717, 1.165) is 12.8 Å². The molecule has 0 fully saturated rings. The Hall–Kier alpha value is 0.240. The van der Waals surface area contributed by atoms with Crippen LogP contribution in [0.1, 0.15) is 52.4 Å². The molecule has 2 nitrogen and oxygen atoms in total. The van der Waals surface area contributed by atoms with Crippen molar-refractivity contribution in [1.29, 1.82) is 0 Å². The van der Waals surface area contributed by atoms with Crippen molar-refractivity contribution in [1.82, 2.24) is 0 Å². The number of halogens is 1. The fourth-order valence-electron chi connectivity index (χ4n) is 1.18. The van der Waals surface area contributed by atoms with E-state index in [-0.39, 0.29) is 0 Å². The molecule has 0 aromatic heterocycles. The summed E-state index contributed by atoms with van der Waals surface area (Å²) < 4.78 is 21.6. The maximum Gasteiger partial charge on any atom is 0.235 e. The molecule has 0 saturated heterocycles. The maximum atomic E-state index is 10.8. The van der Waals surface area contributed by atoms with E-state index in [1.54, 1.807) is 6.92 Å². The summed E-state index contributed by atoms with van der Waals surface area (Å²) in [5.41, 5.74) is 0. The van der Waals surface area contributed by atoms with Crippen LogP contribution in [0.15, 0.2) is 0 Å². The van der Waals surface area contributed by atoms with Crippen molar-refractivity contribution in [3.05, 3.63) is 0 Å². The lowest BCUT2D eigenvalue weighted by molar-refractivity contribution is 0.569. The van der Waals surface area contributed by atoms with Gasteiger partial charge in [0.1, 0.15) is 0 Å². The third-order valence-electron chi connectivity index (χ3n) is 2.19. The average Bonchev–Trinajstić information content (AvgIpc) is 2.02. The molecule has 13 heavy (non-hydrogen) atoms. The van der Waals surface area contributed by atoms with Crippen molar-refractivity contribution in [3.8, 4) is 0 Å². The zero-order valence-corrected chi connectivity index (χ0v) is 10.00. The van der Waals surface area contributed by atoms with Crippen molar-refractivity contribution in [2.75, 3.05) is 0 Å². The van der Waals surface area contributed by atoms with Crippen molar-refractivity contribution < 1.29 is 8.42 Å². The SMILES string of the molecule is CCCCCCCC(C)S(=O)(=O)Cl. The Morgan fingerprint density at radius 3 is 2.15 bits per heavy atom. The number of hydrogen-bond donors (Lipinski definition) is 0. The van der Waals surface area contributed by atoms with E-state index in [0.29, 0.717) is 6.42 Å². The van der Waals surface area contributed by atoms with Crippen molar-refractivity contribution in [2.24, 2.45) is 0 Å². The minimum Gasteiger partial charge on any atom is -0.212 e. The van der Waals surface area contributed by atoms with Crippen LogP contribution in [-0.4, -0.2) is 13.7 Å². The molecular weight excluding hydrogens is 208 g/mol. The van der Waals surface area contributed by atoms with E-state index >= 15 is 0 Å². The van der Waals surface area contributed by atoms with Crippen LogP contribution in [-0.2, 0) is 9.05 Å². The molecule has 80 valence electrons.